The smallest absolute Gasteiger partial charge is 0.127 e. The Balaban J connectivity index is 2.07. The third-order valence-corrected chi connectivity index (χ3v) is 3.75. The number of nitrogens with one attached hydrogen (secondary N) is 1. The summed E-state index contributed by atoms with van der Waals surface area (Å²) in [5.74, 6) is -0.190. The van der Waals surface area contributed by atoms with Gasteiger partial charge in [-0.15, -0.1) is 0 Å². The molecule has 0 aromatic heterocycles. The summed E-state index contributed by atoms with van der Waals surface area (Å²) < 4.78 is 13.6. The first-order valence-electron chi connectivity index (χ1n) is 6.23. The summed E-state index contributed by atoms with van der Waals surface area (Å²) in [6.07, 6.45) is 2.79. The van der Waals surface area contributed by atoms with E-state index >= 15 is 0 Å². The van der Waals surface area contributed by atoms with Crippen LogP contribution in [0.3, 0.4) is 0 Å². The molecule has 94 valence electrons. The first kappa shape index (κ1) is 12.5. The topological polar surface area (TPSA) is 32.3 Å². The van der Waals surface area contributed by atoms with E-state index < -0.39 is 5.60 Å². The minimum atomic E-state index is -0.667. The molecule has 2 N–H and O–H groups in total. The van der Waals surface area contributed by atoms with E-state index in [4.69, 9.17) is 0 Å². The highest BCUT2D eigenvalue weighted by Gasteiger charge is 2.37. The standard InChI is InChI=1S/C14H20FNO/c1-10(11-6-3-4-7-12(11)15)16-13-8-5-9-14(13,2)17/h3-4,6-7,10,13,16-17H,5,8-9H2,1-2H3. The van der Waals surface area contributed by atoms with Crippen LogP contribution in [0.15, 0.2) is 24.3 Å². The van der Waals surface area contributed by atoms with Crippen molar-refractivity contribution in [3.05, 3.63) is 35.6 Å². The third kappa shape index (κ3) is 2.67. The van der Waals surface area contributed by atoms with Crippen LogP contribution in [0.4, 0.5) is 4.39 Å². The number of hydrogen-bond acceptors (Lipinski definition) is 2. The van der Waals surface area contributed by atoms with E-state index in [-0.39, 0.29) is 17.9 Å². The minimum absolute atomic E-state index is 0.0529. The highest BCUT2D eigenvalue weighted by Crippen LogP contribution is 2.31. The Labute approximate surface area is 102 Å². The van der Waals surface area contributed by atoms with Gasteiger partial charge in [0.15, 0.2) is 0 Å². The summed E-state index contributed by atoms with van der Waals surface area (Å²) in [6.45, 7) is 3.79. The molecule has 0 heterocycles. The van der Waals surface area contributed by atoms with Gasteiger partial charge in [-0.25, -0.2) is 4.39 Å². The second kappa shape index (κ2) is 4.75. The largest absolute Gasteiger partial charge is 0.389 e. The highest BCUT2D eigenvalue weighted by atomic mass is 19.1. The molecule has 1 aromatic carbocycles. The maximum absolute atomic E-state index is 13.6. The predicted molar refractivity (Wildman–Crippen MR) is 66.2 cm³/mol. The van der Waals surface area contributed by atoms with Crippen molar-refractivity contribution in [1.29, 1.82) is 0 Å². The first-order valence-corrected chi connectivity index (χ1v) is 6.23. The molecule has 3 heteroatoms. The van der Waals surface area contributed by atoms with E-state index in [1.165, 1.54) is 6.07 Å². The van der Waals surface area contributed by atoms with E-state index in [0.717, 1.165) is 19.3 Å². The Kier molecular flexibility index (Phi) is 3.50. The molecule has 0 radical (unpaired) electrons. The van der Waals surface area contributed by atoms with Crippen LogP contribution in [-0.2, 0) is 0 Å². The Bertz CT molecular complexity index is 392. The molecule has 1 saturated carbocycles. The van der Waals surface area contributed by atoms with E-state index in [2.05, 4.69) is 5.32 Å². The number of rotatable bonds is 3. The molecular weight excluding hydrogens is 217 g/mol. The molecule has 1 aromatic rings. The lowest BCUT2D eigenvalue weighted by Gasteiger charge is -2.29. The van der Waals surface area contributed by atoms with Crippen molar-refractivity contribution in [2.75, 3.05) is 0 Å². The summed E-state index contributed by atoms with van der Waals surface area (Å²) in [5, 5.41) is 13.5. The van der Waals surface area contributed by atoms with E-state index in [1.54, 1.807) is 12.1 Å². The Morgan fingerprint density at radius 1 is 1.47 bits per heavy atom. The molecule has 1 aliphatic rings. The Hall–Kier alpha value is -0.930. The molecule has 3 atom stereocenters. The zero-order chi connectivity index (χ0) is 12.5. The molecular formula is C14H20FNO. The van der Waals surface area contributed by atoms with Gasteiger partial charge in [-0.3, -0.25) is 0 Å². The molecule has 0 amide bonds. The van der Waals surface area contributed by atoms with Crippen LogP contribution < -0.4 is 5.32 Å². The molecule has 1 fully saturated rings. The molecule has 17 heavy (non-hydrogen) atoms. The van der Waals surface area contributed by atoms with Gasteiger partial charge in [-0.05, 0) is 39.2 Å². The number of benzene rings is 1. The fourth-order valence-electron chi connectivity index (χ4n) is 2.63. The predicted octanol–water partition coefficient (Wildman–Crippen LogP) is 2.78. The fourth-order valence-corrected chi connectivity index (χ4v) is 2.63. The van der Waals surface area contributed by atoms with Crippen LogP contribution in [0.2, 0.25) is 0 Å². The summed E-state index contributed by atoms with van der Waals surface area (Å²) in [4.78, 5) is 0. The van der Waals surface area contributed by atoms with Crippen molar-refractivity contribution in [3.63, 3.8) is 0 Å². The maximum atomic E-state index is 13.6. The normalized spacial score (nSPS) is 30.5. The van der Waals surface area contributed by atoms with E-state index in [1.807, 2.05) is 19.9 Å². The lowest BCUT2D eigenvalue weighted by Crippen LogP contribution is -2.45. The molecule has 3 unspecified atom stereocenters. The van der Waals surface area contributed by atoms with Gasteiger partial charge in [0.05, 0.1) is 5.60 Å². The van der Waals surface area contributed by atoms with Gasteiger partial charge in [0.25, 0.3) is 0 Å². The molecule has 2 rings (SSSR count). The molecule has 0 spiro atoms. The summed E-state index contributed by atoms with van der Waals surface area (Å²) in [6, 6.07) is 6.76. The summed E-state index contributed by atoms with van der Waals surface area (Å²) in [7, 11) is 0. The van der Waals surface area contributed by atoms with Crippen molar-refractivity contribution < 1.29 is 9.50 Å². The first-order chi connectivity index (χ1) is 8.00. The van der Waals surface area contributed by atoms with Crippen molar-refractivity contribution in [3.8, 4) is 0 Å². The number of halogens is 1. The fraction of sp³-hybridized carbons (Fsp3) is 0.571. The Morgan fingerprint density at radius 2 is 2.18 bits per heavy atom. The van der Waals surface area contributed by atoms with Crippen LogP contribution in [0.5, 0.6) is 0 Å². The average molecular weight is 237 g/mol. The van der Waals surface area contributed by atoms with E-state index in [9.17, 15) is 9.50 Å². The van der Waals surface area contributed by atoms with Gasteiger partial charge < -0.3 is 10.4 Å². The van der Waals surface area contributed by atoms with E-state index in [0.29, 0.717) is 5.56 Å². The maximum Gasteiger partial charge on any atom is 0.127 e. The van der Waals surface area contributed by atoms with Crippen LogP contribution in [0.1, 0.15) is 44.7 Å². The number of hydrogen-bond donors (Lipinski definition) is 2. The minimum Gasteiger partial charge on any atom is -0.389 e. The van der Waals surface area contributed by atoms with Gasteiger partial charge in [0.2, 0.25) is 0 Å². The van der Waals surface area contributed by atoms with Crippen molar-refractivity contribution >= 4 is 0 Å². The quantitative estimate of drug-likeness (QED) is 0.847. The Morgan fingerprint density at radius 3 is 2.76 bits per heavy atom. The summed E-state index contributed by atoms with van der Waals surface area (Å²) >= 11 is 0. The second-order valence-corrected chi connectivity index (χ2v) is 5.21. The van der Waals surface area contributed by atoms with Gasteiger partial charge in [0, 0.05) is 17.6 Å². The molecule has 0 aliphatic heterocycles. The van der Waals surface area contributed by atoms with Gasteiger partial charge in [0.1, 0.15) is 5.82 Å². The molecule has 1 aliphatic carbocycles. The lowest BCUT2D eigenvalue weighted by molar-refractivity contribution is 0.0357. The molecule has 2 nitrogen and oxygen atoms in total. The van der Waals surface area contributed by atoms with Crippen LogP contribution in [0.25, 0.3) is 0 Å². The van der Waals surface area contributed by atoms with Crippen LogP contribution in [-0.4, -0.2) is 16.7 Å². The number of aliphatic hydroxyl groups is 1. The van der Waals surface area contributed by atoms with Gasteiger partial charge in [-0.2, -0.15) is 0 Å². The zero-order valence-corrected chi connectivity index (χ0v) is 10.4. The van der Waals surface area contributed by atoms with Crippen molar-refractivity contribution in [1.82, 2.24) is 5.32 Å². The monoisotopic (exact) mass is 237 g/mol. The summed E-state index contributed by atoms with van der Waals surface area (Å²) in [5.41, 5.74) is -0.00492. The molecule has 0 saturated heterocycles. The van der Waals surface area contributed by atoms with Crippen LogP contribution >= 0.6 is 0 Å². The third-order valence-electron chi connectivity index (χ3n) is 3.75. The molecule has 0 bridgehead atoms. The zero-order valence-electron chi connectivity index (χ0n) is 10.4. The SMILES string of the molecule is CC(NC1CCCC1(C)O)c1ccccc1F. The van der Waals surface area contributed by atoms with Gasteiger partial charge >= 0.3 is 0 Å². The van der Waals surface area contributed by atoms with Crippen molar-refractivity contribution in [2.45, 2.75) is 50.8 Å². The highest BCUT2D eigenvalue weighted by molar-refractivity contribution is 5.21. The van der Waals surface area contributed by atoms with Crippen molar-refractivity contribution in [2.24, 2.45) is 0 Å². The lowest BCUT2D eigenvalue weighted by atomic mass is 9.98. The van der Waals surface area contributed by atoms with Gasteiger partial charge in [-0.1, -0.05) is 18.2 Å². The van der Waals surface area contributed by atoms with Crippen LogP contribution in [0, 0.1) is 5.82 Å². The second-order valence-electron chi connectivity index (χ2n) is 5.21. The average Bonchev–Trinajstić information content (AvgIpc) is 2.59.